The highest BCUT2D eigenvalue weighted by Gasteiger charge is 2.72. The van der Waals surface area contributed by atoms with E-state index < -0.39 is 0 Å². The lowest BCUT2D eigenvalue weighted by Gasteiger charge is -2.00. The van der Waals surface area contributed by atoms with Gasteiger partial charge < -0.3 is 0 Å². The molecule has 2 saturated carbocycles. The Labute approximate surface area is 53.2 Å². The fourth-order valence-electron chi connectivity index (χ4n) is 1.65. The normalized spacial score (nSPS) is 51.2. The van der Waals surface area contributed by atoms with Crippen molar-refractivity contribution in [2.24, 2.45) is 11.8 Å². The van der Waals surface area contributed by atoms with Crippen LogP contribution in [0.5, 0.6) is 0 Å². The Morgan fingerprint density at radius 1 is 1.56 bits per heavy atom. The van der Waals surface area contributed by atoms with Crippen molar-refractivity contribution < 1.29 is 4.79 Å². The Morgan fingerprint density at radius 3 is 2.22 bits per heavy atom. The summed E-state index contributed by atoms with van der Waals surface area (Å²) < 4.78 is 0. The average molecular weight is 124 g/mol. The van der Waals surface area contributed by atoms with Crippen LogP contribution in [0.2, 0.25) is 0 Å². The fourth-order valence-corrected chi connectivity index (χ4v) is 1.65. The van der Waals surface area contributed by atoms with Crippen molar-refractivity contribution in [3.8, 4) is 0 Å². The van der Waals surface area contributed by atoms with Crippen LogP contribution in [0.1, 0.15) is 6.42 Å². The molecule has 0 aromatic carbocycles. The van der Waals surface area contributed by atoms with Crippen LogP contribution in [0.25, 0.3) is 0 Å². The lowest BCUT2D eigenvalue weighted by molar-refractivity contribution is 0.254. The summed E-state index contributed by atoms with van der Waals surface area (Å²) in [6.07, 6.45) is 1.38. The van der Waals surface area contributed by atoms with Crippen molar-refractivity contribution in [2.45, 2.75) is 12.5 Å². The van der Waals surface area contributed by atoms with Gasteiger partial charge in [0, 0.05) is 7.05 Å². The molecular formula is C6H8N2O. The topological polar surface area (TPSA) is 23.1 Å². The van der Waals surface area contributed by atoms with Gasteiger partial charge in [-0.15, -0.1) is 0 Å². The fraction of sp³-hybridized carbons (Fsp3) is 0.833. The number of carbonyl (C=O) groups excluding carboxylic acids is 1. The third-order valence-electron chi connectivity index (χ3n) is 2.67. The summed E-state index contributed by atoms with van der Waals surface area (Å²) in [6, 6.07) is 0.856. The molecule has 0 aromatic rings. The number of amides is 2. The molecule has 2 aliphatic carbocycles. The molecule has 0 aromatic heterocycles. The highest BCUT2D eigenvalue weighted by molar-refractivity contribution is 5.86. The minimum absolute atomic E-state index is 0.215. The summed E-state index contributed by atoms with van der Waals surface area (Å²) in [6.45, 7) is 0. The molecule has 1 heterocycles. The van der Waals surface area contributed by atoms with E-state index in [1.165, 1.54) is 6.42 Å². The van der Waals surface area contributed by atoms with Crippen LogP contribution in [-0.2, 0) is 0 Å². The van der Waals surface area contributed by atoms with E-state index in [0.29, 0.717) is 6.04 Å². The Kier molecular flexibility index (Phi) is 0.394. The van der Waals surface area contributed by atoms with Crippen molar-refractivity contribution in [1.29, 1.82) is 0 Å². The third kappa shape index (κ3) is 0.316. The van der Waals surface area contributed by atoms with E-state index in [4.69, 9.17) is 0 Å². The van der Waals surface area contributed by atoms with Gasteiger partial charge in [-0.05, 0) is 18.3 Å². The molecule has 1 aliphatic heterocycles. The molecule has 2 amide bonds. The predicted molar refractivity (Wildman–Crippen MR) is 30.4 cm³/mol. The Morgan fingerprint density at radius 2 is 2.11 bits per heavy atom. The number of carbonyl (C=O) groups is 1. The summed E-state index contributed by atoms with van der Waals surface area (Å²) in [7, 11) is 1.83. The van der Waals surface area contributed by atoms with Gasteiger partial charge in [-0.25, -0.2) is 14.8 Å². The zero-order chi connectivity index (χ0) is 6.17. The molecule has 3 fully saturated rings. The molecule has 2 atom stereocenters. The van der Waals surface area contributed by atoms with E-state index in [0.717, 1.165) is 11.8 Å². The number of hydrogen-bond acceptors (Lipinski definition) is 1. The molecule has 0 spiro atoms. The molecule has 3 rings (SSSR count). The maximum atomic E-state index is 10.7. The number of rotatable bonds is 1. The molecule has 1 saturated heterocycles. The Bertz CT molecular complexity index is 195. The molecule has 0 radical (unpaired) electrons. The summed E-state index contributed by atoms with van der Waals surface area (Å²) in [4.78, 5) is 10.7. The first kappa shape index (κ1) is 4.14. The predicted octanol–water partition coefficient (Wildman–Crippen LogP) is 0.287. The first-order valence-corrected chi connectivity index (χ1v) is 3.37. The van der Waals surface area contributed by atoms with E-state index in [1.807, 2.05) is 12.1 Å². The van der Waals surface area contributed by atoms with Gasteiger partial charge in [0.2, 0.25) is 0 Å². The highest BCUT2D eigenvalue weighted by Crippen LogP contribution is 2.66. The number of hydrogen-bond donors (Lipinski definition) is 0. The van der Waals surface area contributed by atoms with E-state index in [-0.39, 0.29) is 6.03 Å². The molecule has 0 bridgehead atoms. The first-order valence-electron chi connectivity index (χ1n) is 3.37. The van der Waals surface area contributed by atoms with Crippen LogP contribution in [0.3, 0.4) is 0 Å². The second-order valence-electron chi connectivity index (χ2n) is 3.20. The minimum Gasteiger partial charge on any atom is -0.245 e. The van der Waals surface area contributed by atoms with Crippen LogP contribution in [0.4, 0.5) is 4.79 Å². The van der Waals surface area contributed by atoms with Gasteiger partial charge >= 0.3 is 6.03 Å². The third-order valence-corrected chi connectivity index (χ3v) is 2.67. The SMILES string of the molecule is CN1C(=O)N1C1C2CC21. The zero-order valence-electron chi connectivity index (χ0n) is 5.24. The average Bonchev–Trinajstić information content (AvgIpc) is 2.62. The molecule has 3 aliphatic rings. The van der Waals surface area contributed by atoms with Crippen molar-refractivity contribution in [2.75, 3.05) is 7.05 Å². The quantitative estimate of drug-likeness (QED) is 0.461. The van der Waals surface area contributed by atoms with Crippen LogP contribution >= 0.6 is 0 Å². The monoisotopic (exact) mass is 124 g/mol. The summed E-state index contributed by atoms with van der Waals surface area (Å²) in [5.41, 5.74) is 0. The summed E-state index contributed by atoms with van der Waals surface area (Å²) >= 11 is 0. The molecule has 9 heavy (non-hydrogen) atoms. The molecule has 48 valence electrons. The summed E-state index contributed by atoms with van der Waals surface area (Å²) in [5, 5.41) is 3.58. The zero-order valence-corrected chi connectivity index (χ0v) is 5.24. The van der Waals surface area contributed by atoms with Crippen LogP contribution in [0.15, 0.2) is 0 Å². The molecule has 0 N–H and O–H groups in total. The number of nitrogens with zero attached hydrogens (tertiary/aromatic N) is 2. The van der Waals surface area contributed by atoms with Crippen molar-refractivity contribution in [1.82, 2.24) is 10.0 Å². The second-order valence-corrected chi connectivity index (χ2v) is 3.20. The van der Waals surface area contributed by atoms with E-state index >= 15 is 0 Å². The lowest BCUT2D eigenvalue weighted by Crippen LogP contribution is -2.12. The van der Waals surface area contributed by atoms with Gasteiger partial charge in [0.15, 0.2) is 0 Å². The summed E-state index contributed by atoms with van der Waals surface area (Å²) in [5.74, 6) is 1.80. The lowest BCUT2D eigenvalue weighted by atomic mass is 10.3. The van der Waals surface area contributed by atoms with Crippen molar-refractivity contribution in [3.05, 3.63) is 0 Å². The number of fused-ring (bicyclic) bond motifs is 1. The van der Waals surface area contributed by atoms with Crippen LogP contribution in [-0.4, -0.2) is 29.1 Å². The minimum atomic E-state index is 0.215. The molecule has 3 nitrogen and oxygen atoms in total. The standard InChI is InChI=1S/C6H8N2O/c1-7-6(9)8(7)5-3-2-4(3)5/h3-5H,2H2,1H3. The van der Waals surface area contributed by atoms with Gasteiger partial charge in [-0.2, -0.15) is 0 Å². The second kappa shape index (κ2) is 0.856. The van der Waals surface area contributed by atoms with Crippen molar-refractivity contribution >= 4 is 6.03 Å². The van der Waals surface area contributed by atoms with E-state index in [9.17, 15) is 4.79 Å². The van der Waals surface area contributed by atoms with Gasteiger partial charge in [-0.1, -0.05) is 0 Å². The van der Waals surface area contributed by atoms with Crippen LogP contribution < -0.4 is 0 Å². The number of urea groups is 1. The maximum absolute atomic E-state index is 10.7. The van der Waals surface area contributed by atoms with Gasteiger partial charge in [0.25, 0.3) is 0 Å². The number of hydrazine groups is 1. The van der Waals surface area contributed by atoms with E-state index in [2.05, 4.69) is 0 Å². The van der Waals surface area contributed by atoms with Crippen LogP contribution in [0, 0.1) is 11.8 Å². The molecular weight excluding hydrogens is 116 g/mol. The first-order chi connectivity index (χ1) is 4.30. The maximum Gasteiger partial charge on any atom is 0.357 e. The largest absolute Gasteiger partial charge is 0.357 e. The Hall–Kier alpha value is -0.730. The van der Waals surface area contributed by atoms with Gasteiger partial charge in [-0.3, -0.25) is 0 Å². The highest BCUT2D eigenvalue weighted by atomic mass is 16.2. The molecule has 3 heteroatoms. The van der Waals surface area contributed by atoms with Gasteiger partial charge in [0.05, 0.1) is 6.04 Å². The van der Waals surface area contributed by atoms with Crippen molar-refractivity contribution in [3.63, 3.8) is 0 Å². The van der Waals surface area contributed by atoms with Gasteiger partial charge in [0.1, 0.15) is 0 Å². The Balaban J connectivity index is 1.77. The van der Waals surface area contributed by atoms with E-state index in [1.54, 1.807) is 5.01 Å². The molecule has 2 unspecified atom stereocenters. The smallest absolute Gasteiger partial charge is 0.245 e.